The van der Waals surface area contributed by atoms with Crippen LogP contribution in [0.1, 0.15) is 88.6 Å². The molecule has 14 heteroatoms. The van der Waals surface area contributed by atoms with Gasteiger partial charge in [0.15, 0.2) is 11.6 Å². The number of anilines is 1. The van der Waals surface area contributed by atoms with E-state index in [2.05, 4.69) is 10.3 Å². The predicted molar refractivity (Wildman–Crippen MR) is 202 cm³/mol. The van der Waals surface area contributed by atoms with Crippen LogP contribution in [0.3, 0.4) is 0 Å². The van der Waals surface area contributed by atoms with E-state index in [9.17, 15) is 29.3 Å². The van der Waals surface area contributed by atoms with Gasteiger partial charge in [-0.25, -0.2) is 14.6 Å². The van der Waals surface area contributed by atoms with Gasteiger partial charge in [-0.05, 0) is 90.6 Å². The zero-order valence-corrected chi connectivity index (χ0v) is 32.3. The summed E-state index contributed by atoms with van der Waals surface area (Å²) in [6, 6.07) is 9.30. The Morgan fingerprint density at radius 1 is 0.962 bits per heavy atom. The third-order valence-corrected chi connectivity index (χ3v) is 8.01. The molecular weight excluding hydrogens is 682 g/mol. The van der Waals surface area contributed by atoms with Crippen LogP contribution in [0.15, 0.2) is 42.6 Å². The van der Waals surface area contributed by atoms with E-state index in [1.165, 1.54) is 32.4 Å². The SMILES string of the molecule is COc1cc(-c2c(-c3ccc([N+](=O)[O-])cc3C)n(C)c3c(C(C)=O)cnc(N(C(=O)OC(C)(C)C)C(=O)OC(C)(C)C)c23)ccc1C(=O)NCC(C)C. The van der Waals surface area contributed by atoms with Gasteiger partial charge in [0.25, 0.3) is 11.6 Å². The fraction of sp³-hybridized carbons (Fsp3) is 0.410. The number of methoxy groups -OCH3 is 1. The molecule has 0 fully saturated rings. The predicted octanol–water partition coefficient (Wildman–Crippen LogP) is 8.40. The molecule has 14 nitrogen and oxygen atoms in total. The monoisotopic (exact) mass is 729 g/mol. The average Bonchev–Trinajstić information content (AvgIpc) is 3.34. The fourth-order valence-corrected chi connectivity index (χ4v) is 5.81. The molecule has 0 atom stereocenters. The number of rotatable bonds is 9. The zero-order chi connectivity index (χ0) is 39.7. The third-order valence-electron chi connectivity index (χ3n) is 8.01. The molecule has 0 radical (unpaired) electrons. The third kappa shape index (κ3) is 8.65. The minimum absolute atomic E-state index is 0.127. The molecule has 0 saturated heterocycles. The molecule has 2 aromatic heterocycles. The first-order chi connectivity index (χ1) is 24.6. The molecule has 4 aromatic rings. The molecule has 2 heterocycles. The van der Waals surface area contributed by atoms with Gasteiger partial charge in [0, 0.05) is 43.0 Å². The summed E-state index contributed by atoms with van der Waals surface area (Å²) in [5, 5.41) is 14.8. The van der Waals surface area contributed by atoms with Gasteiger partial charge >= 0.3 is 12.2 Å². The molecule has 0 bridgehead atoms. The molecule has 1 N–H and O–H groups in total. The van der Waals surface area contributed by atoms with Crippen molar-refractivity contribution in [2.75, 3.05) is 18.6 Å². The highest BCUT2D eigenvalue weighted by molar-refractivity contribution is 6.22. The molecule has 2 aromatic carbocycles. The Kier molecular flexibility index (Phi) is 11.4. The van der Waals surface area contributed by atoms with E-state index in [-0.39, 0.29) is 51.4 Å². The van der Waals surface area contributed by atoms with Gasteiger partial charge < -0.3 is 24.1 Å². The molecule has 53 heavy (non-hydrogen) atoms. The first-order valence-corrected chi connectivity index (χ1v) is 17.1. The van der Waals surface area contributed by atoms with Crippen LogP contribution < -0.4 is 15.0 Å². The Morgan fingerprint density at radius 2 is 1.57 bits per heavy atom. The molecule has 0 aliphatic carbocycles. The van der Waals surface area contributed by atoms with Crippen LogP contribution in [0.5, 0.6) is 5.75 Å². The topological polar surface area (TPSA) is 172 Å². The number of Topliss-reactive ketones (excluding diaryl/α,β-unsaturated/α-hetero) is 1. The Labute approximate surface area is 308 Å². The van der Waals surface area contributed by atoms with Crippen molar-refractivity contribution in [1.82, 2.24) is 14.9 Å². The van der Waals surface area contributed by atoms with E-state index in [4.69, 9.17) is 14.2 Å². The van der Waals surface area contributed by atoms with Gasteiger partial charge in [-0.1, -0.05) is 19.9 Å². The fourth-order valence-electron chi connectivity index (χ4n) is 5.81. The number of nitro groups is 1. The maximum Gasteiger partial charge on any atom is 0.425 e. The van der Waals surface area contributed by atoms with Crippen LogP contribution in [-0.2, 0) is 16.5 Å². The number of imide groups is 1. The second kappa shape index (κ2) is 15.1. The Bertz CT molecular complexity index is 2090. The number of benzene rings is 2. The van der Waals surface area contributed by atoms with E-state index < -0.39 is 28.3 Å². The number of fused-ring (bicyclic) bond motifs is 1. The first-order valence-electron chi connectivity index (χ1n) is 17.1. The van der Waals surface area contributed by atoms with E-state index in [1.54, 1.807) is 84.3 Å². The highest BCUT2D eigenvalue weighted by Crippen LogP contribution is 2.47. The molecule has 0 saturated carbocycles. The van der Waals surface area contributed by atoms with Crippen LogP contribution >= 0.6 is 0 Å². The first kappa shape index (κ1) is 40.0. The standard InChI is InChI=1S/C39H47N5O9/c1-21(2)19-41-35(46)27-15-13-24(18-29(27)51-12)30-31-33(42(11)32(30)26-16-14-25(44(49)50)17-22(26)3)28(23(4)45)20-40-34(31)43(36(47)52-38(5,6)7)37(48)53-39(8,9)10/h13-18,20-21H,19H2,1-12H3,(H,41,46). The molecular formula is C39H47N5O9. The summed E-state index contributed by atoms with van der Waals surface area (Å²) in [5.41, 5.74) is 0.925. The second-order valence-electron chi connectivity index (χ2n) is 15.1. The van der Waals surface area contributed by atoms with Crippen molar-refractivity contribution >= 4 is 46.3 Å². The number of aromatic nitrogens is 2. The molecule has 4 rings (SSSR count). The van der Waals surface area contributed by atoms with E-state index in [0.29, 0.717) is 44.9 Å². The number of aryl methyl sites for hydroxylation is 2. The highest BCUT2D eigenvalue weighted by atomic mass is 16.6. The average molecular weight is 730 g/mol. The summed E-state index contributed by atoms with van der Waals surface area (Å²) in [6.45, 7) is 17.3. The largest absolute Gasteiger partial charge is 0.496 e. The zero-order valence-electron chi connectivity index (χ0n) is 32.3. The number of non-ortho nitro benzene ring substituents is 1. The molecule has 0 unspecified atom stereocenters. The lowest BCUT2D eigenvalue weighted by molar-refractivity contribution is -0.384. The van der Waals surface area contributed by atoms with Gasteiger partial charge in [0.1, 0.15) is 17.0 Å². The number of carbonyl (C=O) groups is 4. The van der Waals surface area contributed by atoms with Gasteiger partial charge in [0.2, 0.25) is 0 Å². The van der Waals surface area contributed by atoms with E-state index in [0.717, 1.165) is 0 Å². The lowest BCUT2D eigenvalue weighted by Crippen LogP contribution is -2.44. The number of hydrogen-bond acceptors (Lipinski definition) is 10. The summed E-state index contributed by atoms with van der Waals surface area (Å²) in [4.78, 5) is 71.0. The number of nitrogens with one attached hydrogen (secondary N) is 1. The normalized spacial score (nSPS) is 11.7. The highest BCUT2D eigenvalue weighted by Gasteiger charge is 2.38. The van der Waals surface area contributed by atoms with Crippen molar-refractivity contribution in [3.63, 3.8) is 0 Å². The number of nitro benzene ring substituents is 1. The maximum atomic E-state index is 14.0. The van der Waals surface area contributed by atoms with Crippen molar-refractivity contribution in [2.45, 2.75) is 80.4 Å². The van der Waals surface area contributed by atoms with Crippen LogP contribution in [0.4, 0.5) is 21.1 Å². The van der Waals surface area contributed by atoms with Gasteiger partial charge in [-0.3, -0.25) is 19.7 Å². The van der Waals surface area contributed by atoms with Crippen molar-refractivity contribution in [2.24, 2.45) is 13.0 Å². The van der Waals surface area contributed by atoms with Crippen LogP contribution in [0.2, 0.25) is 0 Å². The second-order valence-corrected chi connectivity index (χ2v) is 15.1. The Balaban J connectivity index is 2.23. The molecule has 0 aliphatic rings. The quantitative estimate of drug-likeness (QED) is 0.100. The molecule has 0 spiro atoms. The van der Waals surface area contributed by atoms with Gasteiger partial charge in [-0.15, -0.1) is 0 Å². The van der Waals surface area contributed by atoms with Crippen LogP contribution in [0.25, 0.3) is 33.3 Å². The Morgan fingerprint density at radius 3 is 2.06 bits per heavy atom. The summed E-state index contributed by atoms with van der Waals surface area (Å²) in [6.07, 6.45) is -0.872. The van der Waals surface area contributed by atoms with Crippen LogP contribution in [-0.4, -0.2) is 63.2 Å². The summed E-state index contributed by atoms with van der Waals surface area (Å²) in [5.74, 6) is -0.479. The number of ether oxygens (including phenoxy) is 3. The number of ketones is 1. The van der Waals surface area contributed by atoms with Crippen molar-refractivity contribution < 1.29 is 38.3 Å². The Hall–Kier alpha value is -5.79. The molecule has 3 amide bonds. The van der Waals surface area contributed by atoms with Crippen molar-refractivity contribution in [1.29, 1.82) is 0 Å². The van der Waals surface area contributed by atoms with Gasteiger partial charge in [-0.2, -0.15) is 4.90 Å². The van der Waals surface area contributed by atoms with E-state index in [1.807, 2.05) is 13.8 Å². The summed E-state index contributed by atoms with van der Waals surface area (Å²) < 4.78 is 18.8. The summed E-state index contributed by atoms with van der Waals surface area (Å²) in [7, 11) is 3.13. The van der Waals surface area contributed by atoms with Crippen LogP contribution in [0, 0.1) is 23.0 Å². The summed E-state index contributed by atoms with van der Waals surface area (Å²) >= 11 is 0. The number of amides is 3. The minimum atomic E-state index is -1.08. The van der Waals surface area contributed by atoms with Crippen molar-refractivity contribution in [3.8, 4) is 28.1 Å². The minimum Gasteiger partial charge on any atom is -0.496 e. The number of carbonyl (C=O) groups excluding carboxylic acids is 4. The smallest absolute Gasteiger partial charge is 0.425 e. The molecule has 0 aliphatic heterocycles. The maximum absolute atomic E-state index is 14.0. The van der Waals surface area contributed by atoms with Gasteiger partial charge in [0.05, 0.1) is 39.8 Å². The van der Waals surface area contributed by atoms with E-state index >= 15 is 0 Å². The number of nitrogens with zero attached hydrogens (tertiary/aromatic N) is 4. The number of hydrogen-bond donors (Lipinski definition) is 1. The number of pyridine rings is 1. The molecule has 282 valence electrons. The lowest BCUT2D eigenvalue weighted by atomic mass is 9.94. The lowest BCUT2D eigenvalue weighted by Gasteiger charge is -2.28. The van der Waals surface area contributed by atoms with Crippen molar-refractivity contribution in [3.05, 3.63) is 69.4 Å².